The van der Waals surface area contributed by atoms with Gasteiger partial charge in [0.25, 0.3) is 0 Å². The number of carbonyl (C=O) groups excluding carboxylic acids is 1. The number of likely N-dealkylation sites (tertiary alicyclic amines) is 1. The van der Waals surface area contributed by atoms with Gasteiger partial charge < -0.3 is 14.7 Å². The van der Waals surface area contributed by atoms with E-state index in [0.717, 1.165) is 22.5 Å². The Morgan fingerprint density at radius 1 is 1.20 bits per heavy atom. The zero-order valence-electron chi connectivity index (χ0n) is 20.4. The summed E-state index contributed by atoms with van der Waals surface area (Å²) >= 11 is 0. The number of rotatable bonds is 3. The van der Waals surface area contributed by atoms with Gasteiger partial charge in [0.15, 0.2) is 0 Å². The van der Waals surface area contributed by atoms with E-state index in [-0.39, 0.29) is 11.9 Å². The molecule has 2 aliphatic rings. The zero-order valence-corrected chi connectivity index (χ0v) is 20.4. The second-order valence-corrected chi connectivity index (χ2v) is 10.4. The first-order valence-electron chi connectivity index (χ1n) is 11.7. The van der Waals surface area contributed by atoms with E-state index in [2.05, 4.69) is 16.3 Å². The van der Waals surface area contributed by atoms with Crippen LogP contribution in [-0.2, 0) is 18.2 Å². The fourth-order valence-corrected chi connectivity index (χ4v) is 5.13. The lowest BCUT2D eigenvalue weighted by molar-refractivity contribution is -0.0182. The number of aromatic nitrogens is 4. The molecule has 9 heteroatoms. The van der Waals surface area contributed by atoms with E-state index in [9.17, 15) is 14.3 Å². The SMILES string of the molecule is Cn1cc([C@H](O)[C@]23Cc4cnn(-c5ccc(F)cc5)c4C=C2CCN(C(=O)OC(C)(C)C)C3)cn1. The molecule has 1 amide bonds. The molecule has 0 saturated carbocycles. The van der Waals surface area contributed by atoms with Crippen LogP contribution in [0.2, 0.25) is 0 Å². The lowest BCUT2D eigenvalue weighted by Gasteiger charge is -2.48. The van der Waals surface area contributed by atoms with Gasteiger partial charge in [0.1, 0.15) is 11.4 Å². The van der Waals surface area contributed by atoms with Crippen molar-refractivity contribution < 1.29 is 19.0 Å². The van der Waals surface area contributed by atoms with Gasteiger partial charge in [-0.05, 0) is 69.5 Å². The van der Waals surface area contributed by atoms with Crippen LogP contribution in [0.25, 0.3) is 11.8 Å². The van der Waals surface area contributed by atoms with Crippen LogP contribution in [-0.4, -0.2) is 54.4 Å². The molecule has 3 heterocycles. The minimum absolute atomic E-state index is 0.304. The molecular formula is C26H30FN5O3. The highest BCUT2D eigenvalue weighted by atomic mass is 19.1. The molecular weight excluding hydrogens is 449 g/mol. The molecule has 1 fully saturated rings. The maximum Gasteiger partial charge on any atom is 0.410 e. The summed E-state index contributed by atoms with van der Waals surface area (Å²) in [4.78, 5) is 14.7. The van der Waals surface area contributed by atoms with Crippen molar-refractivity contribution in [3.63, 3.8) is 0 Å². The van der Waals surface area contributed by atoms with Crippen LogP contribution in [0.15, 0.2) is 48.4 Å². The summed E-state index contributed by atoms with van der Waals surface area (Å²) in [6, 6.07) is 6.21. The number of carbonyl (C=O) groups is 1. The molecule has 1 aliphatic carbocycles. The first kappa shape index (κ1) is 23.3. The van der Waals surface area contributed by atoms with Crippen LogP contribution in [0.3, 0.4) is 0 Å². The number of aliphatic hydroxyl groups excluding tert-OH is 1. The number of ether oxygens (including phenoxy) is 1. The minimum atomic E-state index is -0.880. The molecule has 1 aromatic carbocycles. The molecule has 5 rings (SSSR count). The number of hydrogen-bond donors (Lipinski definition) is 1. The molecule has 8 nitrogen and oxygen atoms in total. The summed E-state index contributed by atoms with van der Waals surface area (Å²) in [6.45, 7) is 6.33. The van der Waals surface area contributed by atoms with Crippen LogP contribution in [0.1, 0.15) is 50.1 Å². The molecule has 1 saturated heterocycles. The van der Waals surface area contributed by atoms with Crippen molar-refractivity contribution in [3.05, 3.63) is 71.1 Å². The third kappa shape index (κ3) is 4.25. The number of aliphatic hydroxyl groups is 1. The second kappa shape index (κ2) is 8.34. The van der Waals surface area contributed by atoms with Gasteiger partial charge in [-0.25, -0.2) is 13.9 Å². The molecule has 184 valence electrons. The van der Waals surface area contributed by atoms with Crippen molar-refractivity contribution in [1.29, 1.82) is 0 Å². The summed E-state index contributed by atoms with van der Waals surface area (Å²) in [6.07, 6.45) is 7.14. The highest BCUT2D eigenvalue weighted by molar-refractivity contribution is 5.70. The number of nitrogens with zero attached hydrogens (tertiary/aromatic N) is 5. The zero-order chi connectivity index (χ0) is 25.0. The van der Waals surface area contributed by atoms with Crippen LogP contribution in [0, 0.1) is 11.2 Å². The Balaban J connectivity index is 1.56. The standard InChI is InChI=1S/C26H30FN5O3/c1-25(2,3)35-24(34)31-10-9-19-11-22-17(13-29-32(22)21-7-5-20(27)6-8-21)12-26(19,16-31)23(33)18-14-28-30(4)15-18/h5-8,11,13-15,23,33H,9-10,12,16H2,1-4H3/t23-,26-/m0/s1. The smallest absolute Gasteiger partial charge is 0.410 e. The summed E-state index contributed by atoms with van der Waals surface area (Å²) in [5.74, 6) is -0.304. The molecule has 3 aromatic rings. The van der Waals surface area contributed by atoms with Crippen molar-refractivity contribution in [3.8, 4) is 5.69 Å². The Morgan fingerprint density at radius 2 is 1.94 bits per heavy atom. The van der Waals surface area contributed by atoms with Gasteiger partial charge in [-0.15, -0.1) is 0 Å². The predicted molar refractivity (Wildman–Crippen MR) is 128 cm³/mol. The monoisotopic (exact) mass is 479 g/mol. The number of fused-ring (bicyclic) bond motifs is 2. The number of hydrogen-bond acceptors (Lipinski definition) is 5. The van der Waals surface area contributed by atoms with E-state index in [1.54, 1.807) is 45.0 Å². The van der Waals surface area contributed by atoms with Crippen molar-refractivity contribution >= 4 is 12.2 Å². The van der Waals surface area contributed by atoms with Gasteiger partial charge in [-0.2, -0.15) is 10.2 Å². The molecule has 35 heavy (non-hydrogen) atoms. The summed E-state index contributed by atoms with van der Waals surface area (Å²) in [5.41, 5.74) is 3.00. The fourth-order valence-electron chi connectivity index (χ4n) is 5.13. The van der Waals surface area contributed by atoms with Gasteiger partial charge in [0.2, 0.25) is 0 Å². The highest BCUT2D eigenvalue weighted by Crippen LogP contribution is 2.51. The maximum atomic E-state index is 13.5. The van der Waals surface area contributed by atoms with Crippen molar-refractivity contribution in [1.82, 2.24) is 24.5 Å². The number of piperidine rings is 1. The largest absolute Gasteiger partial charge is 0.444 e. The van der Waals surface area contributed by atoms with E-state index >= 15 is 0 Å². The first-order chi connectivity index (χ1) is 16.6. The third-order valence-electron chi connectivity index (χ3n) is 6.75. The van der Waals surface area contributed by atoms with E-state index < -0.39 is 17.1 Å². The van der Waals surface area contributed by atoms with Gasteiger partial charge in [0, 0.05) is 37.3 Å². The predicted octanol–water partition coefficient (Wildman–Crippen LogP) is 4.05. The Bertz CT molecular complexity index is 1290. The molecule has 0 spiro atoms. The van der Waals surface area contributed by atoms with Crippen LogP contribution in [0.4, 0.5) is 9.18 Å². The molecule has 0 radical (unpaired) electrons. The van der Waals surface area contributed by atoms with E-state index in [1.165, 1.54) is 12.1 Å². The maximum absolute atomic E-state index is 13.5. The lowest BCUT2D eigenvalue weighted by Crippen LogP contribution is -2.53. The Labute approximate surface area is 203 Å². The first-order valence-corrected chi connectivity index (χ1v) is 11.7. The van der Waals surface area contributed by atoms with Crippen LogP contribution >= 0.6 is 0 Å². The summed E-state index contributed by atoms with van der Waals surface area (Å²) < 4.78 is 22.6. The minimum Gasteiger partial charge on any atom is -0.444 e. The summed E-state index contributed by atoms with van der Waals surface area (Å²) in [7, 11) is 1.81. The third-order valence-corrected chi connectivity index (χ3v) is 6.75. The van der Waals surface area contributed by atoms with E-state index in [1.807, 2.05) is 27.8 Å². The quantitative estimate of drug-likeness (QED) is 0.613. The van der Waals surface area contributed by atoms with E-state index in [0.29, 0.717) is 31.5 Å². The number of aryl methyl sites for hydroxylation is 1. The average Bonchev–Trinajstić information content (AvgIpc) is 3.41. The average molecular weight is 480 g/mol. The topological polar surface area (TPSA) is 85.4 Å². The second-order valence-electron chi connectivity index (χ2n) is 10.4. The normalized spacial score (nSPS) is 20.6. The van der Waals surface area contributed by atoms with Gasteiger partial charge >= 0.3 is 6.09 Å². The van der Waals surface area contributed by atoms with Crippen molar-refractivity contribution in [2.45, 2.75) is 45.3 Å². The van der Waals surface area contributed by atoms with Crippen molar-refractivity contribution in [2.75, 3.05) is 13.1 Å². The van der Waals surface area contributed by atoms with Gasteiger partial charge in [0.05, 0.1) is 29.9 Å². The number of halogens is 1. The van der Waals surface area contributed by atoms with Crippen molar-refractivity contribution in [2.24, 2.45) is 12.5 Å². The van der Waals surface area contributed by atoms with Crippen LogP contribution < -0.4 is 0 Å². The molecule has 0 unspecified atom stereocenters. The Morgan fingerprint density at radius 3 is 2.60 bits per heavy atom. The van der Waals surface area contributed by atoms with Crippen LogP contribution in [0.5, 0.6) is 0 Å². The van der Waals surface area contributed by atoms with Gasteiger partial charge in [-0.3, -0.25) is 4.68 Å². The molecule has 2 aromatic heterocycles. The van der Waals surface area contributed by atoms with Gasteiger partial charge in [-0.1, -0.05) is 5.57 Å². The summed E-state index contributed by atoms with van der Waals surface area (Å²) in [5, 5.41) is 20.5. The molecule has 1 aliphatic heterocycles. The molecule has 1 N–H and O–H groups in total. The molecule has 2 atom stereocenters. The fraction of sp³-hybridized carbons (Fsp3) is 0.423. The molecule has 0 bridgehead atoms. The highest BCUT2D eigenvalue weighted by Gasteiger charge is 2.50. The number of benzene rings is 1. The lowest BCUT2D eigenvalue weighted by atomic mass is 9.64. The Kier molecular flexibility index (Phi) is 5.55. The Hall–Kier alpha value is -3.46. The number of amides is 1. The van der Waals surface area contributed by atoms with E-state index in [4.69, 9.17) is 4.74 Å².